The van der Waals surface area contributed by atoms with Gasteiger partial charge in [-0.15, -0.1) is 0 Å². The number of hydrogen-bond donors (Lipinski definition) is 1. The maximum absolute atomic E-state index is 6.65. The van der Waals surface area contributed by atoms with E-state index in [0.29, 0.717) is 43.1 Å². The highest BCUT2D eigenvalue weighted by molar-refractivity contribution is 6.74. The molecule has 0 amide bonds. The zero-order valence-corrected chi connectivity index (χ0v) is 26.4. The second-order valence-electron chi connectivity index (χ2n) is 12.1. The van der Waals surface area contributed by atoms with Crippen molar-refractivity contribution >= 4 is 31.4 Å². The Kier molecular flexibility index (Phi) is 9.28. The molecule has 39 heavy (non-hydrogen) atoms. The minimum absolute atomic E-state index is 0.0684. The molecule has 1 fully saturated rings. The van der Waals surface area contributed by atoms with Crippen LogP contribution in [0.2, 0.25) is 23.2 Å². The van der Waals surface area contributed by atoms with Gasteiger partial charge in [0.2, 0.25) is 0 Å². The normalized spacial score (nSPS) is 15.8. The number of nitrogens with zero attached hydrogens (tertiary/aromatic N) is 4. The van der Waals surface area contributed by atoms with Gasteiger partial charge >= 0.3 is 0 Å². The average Bonchev–Trinajstić information content (AvgIpc) is 3.31. The molecule has 8 nitrogen and oxygen atoms in total. The molecular formula is C29H44ClN5O3Si. The number of ether oxygens (including phenoxy) is 2. The van der Waals surface area contributed by atoms with Crippen LogP contribution in [0.3, 0.4) is 0 Å². The van der Waals surface area contributed by atoms with Crippen molar-refractivity contribution in [2.45, 2.75) is 64.8 Å². The second-order valence-corrected chi connectivity index (χ2v) is 17.3. The fourth-order valence-electron chi connectivity index (χ4n) is 4.48. The molecule has 214 valence electrons. The Balaban J connectivity index is 1.66. The van der Waals surface area contributed by atoms with E-state index in [0.717, 1.165) is 41.4 Å². The van der Waals surface area contributed by atoms with Crippen LogP contribution in [0.1, 0.15) is 46.1 Å². The molecule has 1 unspecified atom stereocenters. The quantitative estimate of drug-likeness (QED) is 0.298. The smallest absolute Gasteiger partial charge is 0.192 e. The van der Waals surface area contributed by atoms with Crippen molar-refractivity contribution in [3.05, 3.63) is 41.0 Å². The number of hydrogen-bond acceptors (Lipinski definition) is 7. The van der Waals surface area contributed by atoms with Crippen molar-refractivity contribution in [3.8, 4) is 17.0 Å². The van der Waals surface area contributed by atoms with Crippen molar-refractivity contribution < 1.29 is 13.9 Å². The molecule has 10 heteroatoms. The minimum Gasteiger partial charge on any atom is -0.491 e. The Morgan fingerprint density at radius 2 is 1.85 bits per heavy atom. The van der Waals surface area contributed by atoms with Crippen LogP contribution in [-0.2, 0) is 9.16 Å². The monoisotopic (exact) mass is 573 g/mol. The molecular weight excluding hydrogens is 530 g/mol. The summed E-state index contributed by atoms with van der Waals surface area (Å²) in [5.74, 6) is 2.00. The van der Waals surface area contributed by atoms with Crippen LogP contribution in [0.4, 0.5) is 5.82 Å². The maximum atomic E-state index is 6.65. The van der Waals surface area contributed by atoms with Gasteiger partial charge < -0.3 is 24.1 Å². The predicted molar refractivity (Wildman–Crippen MR) is 162 cm³/mol. The summed E-state index contributed by atoms with van der Waals surface area (Å²) in [5.41, 5.74) is 3.72. The van der Waals surface area contributed by atoms with Crippen molar-refractivity contribution in [2.75, 3.05) is 51.4 Å². The molecule has 1 aromatic carbocycles. The number of morpholine rings is 1. The van der Waals surface area contributed by atoms with E-state index in [4.69, 9.17) is 35.6 Å². The van der Waals surface area contributed by atoms with Crippen molar-refractivity contribution in [2.24, 2.45) is 0 Å². The summed E-state index contributed by atoms with van der Waals surface area (Å²) < 4.78 is 20.5. The van der Waals surface area contributed by atoms with Crippen LogP contribution < -0.4 is 15.0 Å². The fraction of sp³-hybridized carbons (Fsp3) is 0.586. The van der Waals surface area contributed by atoms with Crippen molar-refractivity contribution in [1.29, 1.82) is 0 Å². The first kappa shape index (κ1) is 29.8. The lowest BCUT2D eigenvalue weighted by molar-refractivity contribution is 0.115. The molecule has 0 spiro atoms. The van der Waals surface area contributed by atoms with Crippen molar-refractivity contribution in [1.82, 2.24) is 19.9 Å². The van der Waals surface area contributed by atoms with E-state index in [1.165, 1.54) is 0 Å². The molecule has 0 radical (unpaired) electrons. The average molecular weight is 574 g/mol. The molecule has 1 atom stereocenters. The van der Waals surface area contributed by atoms with E-state index in [-0.39, 0.29) is 11.1 Å². The fourth-order valence-corrected chi connectivity index (χ4v) is 6.04. The summed E-state index contributed by atoms with van der Waals surface area (Å²) in [6.45, 7) is 19.7. The van der Waals surface area contributed by atoms with Crippen molar-refractivity contribution in [3.63, 3.8) is 0 Å². The molecule has 0 bridgehead atoms. The lowest BCUT2D eigenvalue weighted by Crippen LogP contribution is -2.47. The number of anilines is 1. The number of likely N-dealkylation sites (N-methyl/N-ethyl adjacent to an activating group) is 1. The Labute approximate surface area is 239 Å². The highest BCUT2D eigenvalue weighted by Gasteiger charge is 2.39. The molecule has 1 aliphatic rings. The Bertz CT molecular complexity index is 1270. The largest absolute Gasteiger partial charge is 0.491 e. The molecule has 4 rings (SSSR count). The van der Waals surface area contributed by atoms with Crippen LogP contribution in [0.15, 0.2) is 30.5 Å². The van der Waals surface area contributed by atoms with Gasteiger partial charge in [0.1, 0.15) is 18.2 Å². The van der Waals surface area contributed by atoms with Gasteiger partial charge in [-0.05, 0) is 49.3 Å². The van der Waals surface area contributed by atoms with Gasteiger partial charge in [-0.2, -0.15) is 9.61 Å². The van der Waals surface area contributed by atoms with Crippen LogP contribution in [0.5, 0.6) is 5.75 Å². The Hall–Kier alpha value is -2.17. The third-order valence-corrected chi connectivity index (χ3v) is 12.5. The lowest BCUT2D eigenvalue weighted by atomic mass is 10.1. The van der Waals surface area contributed by atoms with Gasteiger partial charge in [0.15, 0.2) is 14.0 Å². The van der Waals surface area contributed by atoms with Gasteiger partial charge in [-0.25, -0.2) is 4.98 Å². The van der Waals surface area contributed by atoms with E-state index < -0.39 is 8.32 Å². The standard InChI is InChI=1S/C29H44ClN5O3Si/c1-20(2)25-18-32-35-27(34-9-11-36-12-10-34)16-26(33-28(25)35)21-13-22(30)15-23(14-21)37-19-24(17-31-6)38-39(7,8)29(3,4)5/h13-16,18,20,24,31H,9-12,17,19H2,1-8H3. The molecule has 1 saturated heterocycles. The number of nitrogens with one attached hydrogen (secondary N) is 1. The summed E-state index contributed by atoms with van der Waals surface area (Å²) in [6, 6.07) is 7.91. The number of rotatable bonds is 10. The van der Waals surface area contributed by atoms with Gasteiger partial charge in [-0.3, -0.25) is 0 Å². The lowest BCUT2D eigenvalue weighted by Gasteiger charge is -2.39. The number of aromatic nitrogens is 3. The van der Waals surface area contributed by atoms with Gasteiger partial charge in [0.05, 0.1) is 31.2 Å². The van der Waals surface area contributed by atoms with E-state index >= 15 is 0 Å². The first-order chi connectivity index (χ1) is 18.4. The zero-order chi connectivity index (χ0) is 28.4. The van der Waals surface area contributed by atoms with E-state index in [2.05, 4.69) is 64.0 Å². The van der Waals surface area contributed by atoms with Gasteiger partial charge in [-0.1, -0.05) is 46.2 Å². The highest BCUT2D eigenvalue weighted by atomic mass is 35.5. The Morgan fingerprint density at radius 3 is 2.49 bits per heavy atom. The van der Waals surface area contributed by atoms with E-state index in [1.807, 2.05) is 36.0 Å². The third kappa shape index (κ3) is 6.95. The summed E-state index contributed by atoms with van der Waals surface area (Å²) in [6.07, 6.45) is 1.86. The molecule has 0 aliphatic carbocycles. The van der Waals surface area contributed by atoms with E-state index in [1.54, 1.807) is 0 Å². The molecule has 2 aromatic heterocycles. The maximum Gasteiger partial charge on any atom is 0.192 e. The van der Waals surface area contributed by atoms with E-state index in [9.17, 15) is 0 Å². The van der Waals surface area contributed by atoms with Gasteiger partial charge in [0.25, 0.3) is 0 Å². The third-order valence-electron chi connectivity index (χ3n) is 7.74. The topological polar surface area (TPSA) is 73.2 Å². The summed E-state index contributed by atoms with van der Waals surface area (Å²) in [7, 11) is -0.0132. The molecule has 1 N–H and O–H groups in total. The minimum atomic E-state index is -1.95. The molecule has 3 aromatic rings. The molecule has 0 saturated carbocycles. The van der Waals surface area contributed by atoms with Gasteiger partial charge in [0, 0.05) is 41.9 Å². The van der Waals surface area contributed by atoms with Crippen LogP contribution in [0.25, 0.3) is 16.9 Å². The predicted octanol–water partition coefficient (Wildman–Crippen LogP) is 6.00. The van der Waals surface area contributed by atoms with Crippen LogP contribution >= 0.6 is 11.6 Å². The first-order valence-corrected chi connectivity index (χ1v) is 17.2. The summed E-state index contributed by atoms with van der Waals surface area (Å²) in [4.78, 5) is 7.37. The molecule has 1 aliphatic heterocycles. The first-order valence-electron chi connectivity index (χ1n) is 13.9. The highest BCUT2D eigenvalue weighted by Crippen LogP contribution is 2.37. The second kappa shape index (κ2) is 12.1. The number of fused-ring (bicyclic) bond motifs is 1. The number of halogens is 1. The molecule has 3 heterocycles. The SMILES string of the molecule is CNCC(COc1cc(Cl)cc(-c2cc(N3CCOCC3)n3ncc(C(C)C)c3n2)c1)O[Si](C)(C)C(C)(C)C. The van der Waals surface area contributed by atoms with Crippen LogP contribution in [0, 0.1) is 0 Å². The Morgan fingerprint density at radius 1 is 1.13 bits per heavy atom. The number of benzene rings is 1. The summed E-state index contributed by atoms with van der Waals surface area (Å²) in [5, 5.41) is 8.67. The van der Waals surface area contributed by atoms with Crippen LogP contribution in [-0.4, -0.2) is 75.5 Å². The zero-order valence-electron chi connectivity index (χ0n) is 24.7. The summed E-state index contributed by atoms with van der Waals surface area (Å²) >= 11 is 6.62.